The van der Waals surface area contributed by atoms with Crippen molar-refractivity contribution in [2.24, 2.45) is 5.92 Å². The van der Waals surface area contributed by atoms with Gasteiger partial charge >= 0.3 is 0 Å². The average Bonchev–Trinajstić information content (AvgIpc) is 2.72. The molecule has 2 aromatic carbocycles. The summed E-state index contributed by atoms with van der Waals surface area (Å²) in [5.74, 6) is -0.342. The van der Waals surface area contributed by atoms with Crippen LogP contribution >= 0.6 is 0 Å². The second kappa shape index (κ2) is 8.94. The highest BCUT2D eigenvalue weighted by atomic mass is 16.5. The van der Waals surface area contributed by atoms with Crippen molar-refractivity contribution in [3.63, 3.8) is 0 Å². The third kappa shape index (κ3) is 4.64. The van der Waals surface area contributed by atoms with Gasteiger partial charge in [0.15, 0.2) is 5.78 Å². The summed E-state index contributed by atoms with van der Waals surface area (Å²) in [5, 5.41) is 14.6. The van der Waals surface area contributed by atoms with E-state index in [2.05, 4.69) is 5.32 Å². The van der Waals surface area contributed by atoms with Crippen molar-refractivity contribution < 1.29 is 24.2 Å². The van der Waals surface area contributed by atoms with Crippen LogP contribution in [0.1, 0.15) is 38.7 Å². The zero-order chi connectivity index (χ0) is 22.8. The maximum absolute atomic E-state index is 12.9. The molecular weight excluding hydrogens is 394 g/mol. The minimum absolute atomic E-state index is 0.148. The third-order valence-corrected chi connectivity index (χ3v) is 5.83. The van der Waals surface area contributed by atoms with Gasteiger partial charge in [-0.25, -0.2) is 0 Å². The fraction of sp³-hybridized carbons (Fsp3) is 0.360. The first-order valence-electron chi connectivity index (χ1n) is 10.2. The van der Waals surface area contributed by atoms with Gasteiger partial charge in [0.25, 0.3) is 0 Å². The topological polar surface area (TPSA) is 84.9 Å². The van der Waals surface area contributed by atoms with Gasteiger partial charge in [0.05, 0.1) is 25.7 Å². The molecule has 0 radical (unpaired) electrons. The molecule has 2 N–H and O–H groups in total. The number of methoxy groups -OCH3 is 2. The first-order chi connectivity index (χ1) is 14.7. The van der Waals surface area contributed by atoms with Crippen LogP contribution in [0.5, 0.6) is 11.5 Å². The molecule has 31 heavy (non-hydrogen) atoms. The first-order valence-corrected chi connectivity index (χ1v) is 10.2. The van der Waals surface area contributed by atoms with Crippen molar-refractivity contribution in [3.05, 3.63) is 65.4 Å². The van der Waals surface area contributed by atoms with Gasteiger partial charge in [0.1, 0.15) is 17.3 Å². The van der Waals surface area contributed by atoms with E-state index in [1.807, 2.05) is 42.5 Å². The lowest BCUT2D eigenvalue weighted by molar-refractivity contribution is -0.131. The van der Waals surface area contributed by atoms with Crippen molar-refractivity contribution in [1.82, 2.24) is 0 Å². The Kier molecular flexibility index (Phi) is 6.51. The number of carbonyl (C=O) groups excluding carboxylic acids is 2. The Hall–Kier alpha value is -3.12. The van der Waals surface area contributed by atoms with Gasteiger partial charge in [-0.15, -0.1) is 0 Å². The number of nitrogens with one attached hydrogen (secondary N) is 1. The summed E-state index contributed by atoms with van der Waals surface area (Å²) in [7, 11) is 3.16. The minimum Gasteiger partial charge on any atom is -0.497 e. The van der Waals surface area contributed by atoms with Crippen LogP contribution in [0.3, 0.4) is 0 Å². The molecular formula is C25H29NO5. The number of ether oxygens (including phenoxy) is 2. The standard InChI is InChI=1S/C25H29NO5/c1-15(27)22-21(26-18-9-11-19(30-4)12-10-18)14-25(3,29)24(16(2)28)23(22)17-7-6-8-20(13-17)31-5/h6-13,23-24,26,29H,14H2,1-5H3/t23-,24+,25+/m0/s1. The van der Waals surface area contributed by atoms with Crippen LogP contribution in [-0.4, -0.2) is 36.5 Å². The molecule has 6 heteroatoms. The van der Waals surface area contributed by atoms with Gasteiger partial charge in [-0.05, 0) is 62.7 Å². The van der Waals surface area contributed by atoms with E-state index in [-0.39, 0.29) is 18.0 Å². The van der Waals surface area contributed by atoms with Crippen molar-refractivity contribution >= 4 is 17.3 Å². The van der Waals surface area contributed by atoms with E-state index in [1.54, 1.807) is 27.2 Å². The van der Waals surface area contributed by atoms with E-state index < -0.39 is 17.4 Å². The zero-order valence-electron chi connectivity index (χ0n) is 18.6. The summed E-state index contributed by atoms with van der Waals surface area (Å²) in [6, 6.07) is 14.6. The molecule has 0 spiro atoms. The zero-order valence-corrected chi connectivity index (χ0v) is 18.6. The molecule has 1 aliphatic carbocycles. The van der Waals surface area contributed by atoms with Gasteiger partial charge in [-0.3, -0.25) is 9.59 Å². The highest BCUT2D eigenvalue weighted by Gasteiger charge is 2.49. The van der Waals surface area contributed by atoms with E-state index in [1.165, 1.54) is 13.8 Å². The van der Waals surface area contributed by atoms with E-state index in [0.29, 0.717) is 22.8 Å². The first kappa shape index (κ1) is 22.6. The molecule has 164 valence electrons. The molecule has 3 rings (SSSR count). The Morgan fingerprint density at radius 3 is 2.23 bits per heavy atom. The van der Waals surface area contributed by atoms with Gasteiger partial charge < -0.3 is 19.9 Å². The molecule has 0 fully saturated rings. The predicted octanol–water partition coefficient (Wildman–Crippen LogP) is 4.10. The maximum Gasteiger partial charge on any atom is 0.158 e. The Bertz CT molecular complexity index is 1010. The minimum atomic E-state index is -1.34. The number of ketones is 2. The molecule has 3 atom stereocenters. The SMILES string of the molecule is COc1ccc(NC2=C(C(C)=O)[C@H](c3cccc(OC)c3)[C@@H](C(C)=O)[C@](C)(O)C2)cc1. The van der Waals surface area contributed by atoms with E-state index in [4.69, 9.17) is 9.47 Å². The number of aliphatic hydroxyl groups is 1. The molecule has 0 heterocycles. The van der Waals surface area contributed by atoms with Crippen molar-refractivity contribution in [3.8, 4) is 11.5 Å². The number of anilines is 1. The van der Waals surface area contributed by atoms with E-state index in [0.717, 1.165) is 11.3 Å². The Labute approximate surface area is 182 Å². The highest BCUT2D eigenvalue weighted by molar-refractivity contribution is 5.98. The van der Waals surface area contributed by atoms with Crippen LogP contribution in [0.25, 0.3) is 0 Å². The fourth-order valence-corrected chi connectivity index (χ4v) is 4.53. The molecule has 0 saturated carbocycles. The molecule has 6 nitrogen and oxygen atoms in total. The summed E-state index contributed by atoms with van der Waals surface area (Å²) in [6.45, 7) is 4.61. The molecule has 0 aliphatic heterocycles. The van der Waals surface area contributed by atoms with E-state index >= 15 is 0 Å². The normalized spacial score (nSPS) is 23.3. The lowest BCUT2D eigenvalue weighted by Gasteiger charge is -2.43. The second-order valence-corrected chi connectivity index (χ2v) is 8.18. The van der Waals surface area contributed by atoms with Crippen molar-refractivity contribution in [2.75, 3.05) is 19.5 Å². The number of hydrogen-bond donors (Lipinski definition) is 2. The van der Waals surface area contributed by atoms with Crippen molar-refractivity contribution in [2.45, 2.75) is 38.7 Å². The fourth-order valence-electron chi connectivity index (χ4n) is 4.53. The molecule has 0 aromatic heterocycles. The van der Waals surface area contributed by atoms with Crippen LogP contribution in [0.4, 0.5) is 5.69 Å². The van der Waals surface area contributed by atoms with Crippen LogP contribution in [0.15, 0.2) is 59.8 Å². The molecule has 1 aliphatic rings. The van der Waals surface area contributed by atoms with Crippen LogP contribution in [0, 0.1) is 5.92 Å². The lowest BCUT2D eigenvalue weighted by Crippen LogP contribution is -2.48. The number of allylic oxidation sites excluding steroid dienone is 1. The smallest absolute Gasteiger partial charge is 0.158 e. The average molecular weight is 424 g/mol. The summed E-state index contributed by atoms with van der Waals surface area (Å²) in [5.41, 5.74) is 1.27. The summed E-state index contributed by atoms with van der Waals surface area (Å²) < 4.78 is 10.6. The molecule has 0 bridgehead atoms. The number of Topliss-reactive ketones (excluding diaryl/α,β-unsaturated/α-hetero) is 2. The number of benzene rings is 2. The van der Waals surface area contributed by atoms with Crippen LogP contribution in [0.2, 0.25) is 0 Å². The van der Waals surface area contributed by atoms with E-state index in [9.17, 15) is 14.7 Å². The lowest BCUT2D eigenvalue weighted by atomic mass is 9.64. The molecule has 0 unspecified atom stereocenters. The Balaban J connectivity index is 2.18. The van der Waals surface area contributed by atoms with Crippen LogP contribution in [-0.2, 0) is 9.59 Å². The maximum atomic E-state index is 12.9. The largest absolute Gasteiger partial charge is 0.497 e. The number of hydrogen-bond acceptors (Lipinski definition) is 6. The van der Waals surface area contributed by atoms with Gasteiger partial charge in [0.2, 0.25) is 0 Å². The van der Waals surface area contributed by atoms with Gasteiger partial charge in [0, 0.05) is 29.3 Å². The molecule has 0 saturated heterocycles. The van der Waals surface area contributed by atoms with Gasteiger partial charge in [-0.2, -0.15) is 0 Å². The number of rotatable bonds is 7. The molecule has 2 aromatic rings. The quantitative estimate of drug-likeness (QED) is 0.697. The summed E-state index contributed by atoms with van der Waals surface area (Å²) in [4.78, 5) is 25.6. The molecule has 0 amide bonds. The third-order valence-electron chi connectivity index (χ3n) is 5.83. The summed E-state index contributed by atoms with van der Waals surface area (Å²) >= 11 is 0. The second-order valence-electron chi connectivity index (χ2n) is 8.18. The highest BCUT2D eigenvalue weighted by Crippen LogP contribution is 2.48. The number of carbonyl (C=O) groups is 2. The Morgan fingerprint density at radius 2 is 1.68 bits per heavy atom. The Morgan fingerprint density at radius 1 is 1.03 bits per heavy atom. The monoisotopic (exact) mass is 423 g/mol. The predicted molar refractivity (Wildman–Crippen MR) is 119 cm³/mol. The summed E-state index contributed by atoms with van der Waals surface area (Å²) in [6.07, 6.45) is 0.151. The van der Waals surface area contributed by atoms with Crippen molar-refractivity contribution in [1.29, 1.82) is 0 Å². The van der Waals surface area contributed by atoms with Gasteiger partial charge in [-0.1, -0.05) is 12.1 Å². The van der Waals surface area contributed by atoms with Crippen LogP contribution < -0.4 is 14.8 Å².